The molecule has 2 heterocycles. The molecule has 0 N–H and O–H groups in total. The lowest BCUT2D eigenvalue weighted by atomic mass is 10.1. The molecule has 0 radical (unpaired) electrons. The number of aromatic nitrogens is 2. The van der Waals surface area contributed by atoms with Crippen molar-refractivity contribution < 1.29 is 14.1 Å². The van der Waals surface area contributed by atoms with Crippen molar-refractivity contribution in [2.24, 2.45) is 0 Å². The number of amides is 2. The van der Waals surface area contributed by atoms with Crippen molar-refractivity contribution in [1.82, 2.24) is 19.9 Å². The van der Waals surface area contributed by atoms with Crippen LogP contribution in [0.5, 0.6) is 0 Å². The van der Waals surface area contributed by atoms with E-state index in [-0.39, 0.29) is 24.9 Å². The molecule has 1 saturated heterocycles. The summed E-state index contributed by atoms with van der Waals surface area (Å²) in [6.07, 6.45) is 0. The Morgan fingerprint density at radius 1 is 1.22 bits per heavy atom. The molecule has 2 amide bonds. The van der Waals surface area contributed by atoms with Gasteiger partial charge in [0.25, 0.3) is 0 Å². The number of rotatable bonds is 4. The van der Waals surface area contributed by atoms with E-state index in [1.807, 2.05) is 30.3 Å². The van der Waals surface area contributed by atoms with Gasteiger partial charge in [-0.1, -0.05) is 35.5 Å². The van der Waals surface area contributed by atoms with Gasteiger partial charge in [0.2, 0.25) is 17.7 Å². The van der Waals surface area contributed by atoms with Crippen molar-refractivity contribution in [3.63, 3.8) is 0 Å². The van der Waals surface area contributed by atoms with Crippen LogP contribution in [0.2, 0.25) is 0 Å². The highest BCUT2D eigenvalue weighted by molar-refractivity contribution is 5.94. The first-order chi connectivity index (χ1) is 11.0. The molecule has 1 aliphatic heterocycles. The molecule has 1 aromatic carbocycles. The second-order valence-corrected chi connectivity index (χ2v) is 5.61. The fourth-order valence-corrected chi connectivity index (χ4v) is 2.66. The second kappa shape index (κ2) is 6.20. The molecule has 1 aromatic heterocycles. The molecule has 0 saturated carbocycles. The fraction of sp³-hybridized carbons (Fsp3) is 0.375. The van der Waals surface area contributed by atoms with E-state index in [1.54, 1.807) is 18.7 Å². The minimum absolute atomic E-state index is 0.0607. The molecule has 120 valence electrons. The Balaban J connectivity index is 1.71. The van der Waals surface area contributed by atoms with Crippen LogP contribution in [0.3, 0.4) is 0 Å². The Kier molecular flexibility index (Phi) is 4.10. The van der Waals surface area contributed by atoms with E-state index in [9.17, 15) is 9.59 Å². The Labute approximate surface area is 133 Å². The molecule has 0 aliphatic carbocycles. The van der Waals surface area contributed by atoms with Crippen molar-refractivity contribution in [1.29, 1.82) is 0 Å². The molecule has 1 fully saturated rings. The zero-order valence-electron chi connectivity index (χ0n) is 13.1. The summed E-state index contributed by atoms with van der Waals surface area (Å²) in [7, 11) is 0. The van der Waals surface area contributed by atoms with Crippen LogP contribution in [0.1, 0.15) is 24.2 Å². The van der Waals surface area contributed by atoms with Gasteiger partial charge in [0, 0.05) is 6.54 Å². The minimum atomic E-state index is -0.549. The maximum atomic E-state index is 12.5. The molecule has 1 atom stereocenters. The molecule has 1 aliphatic rings. The third kappa shape index (κ3) is 3.23. The number of carbonyl (C=O) groups excluding carboxylic acids is 2. The number of nitrogens with zero attached hydrogens (tertiary/aromatic N) is 4. The highest BCUT2D eigenvalue weighted by Crippen LogP contribution is 2.17. The lowest BCUT2D eigenvalue weighted by molar-refractivity contribution is -0.156. The molecule has 7 heteroatoms. The average molecular weight is 314 g/mol. The summed E-state index contributed by atoms with van der Waals surface area (Å²) in [5.74, 6) is 0.648. The van der Waals surface area contributed by atoms with Gasteiger partial charge >= 0.3 is 0 Å². The maximum Gasteiger partial charge on any atom is 0.246 e. The number of benzene rings is 1. The molecular formula is C16H18N4O3. The maximum absolute atomic E-state index is 12.5. The molecule has 3 rings (SSSR count). The zero-order chi connectivity index (χ0) is 16.4. The standard InChI is InChI=1S/C16H18N4O3/c1-11-16(22)19(8-13-6-4-3-5-7-13)10-15(21)20(11)9-14-17-12(2)18-23-14/h3-7,11H,8-10H2,1-2H3/t11-/m0/s1. The molecule has 0 spiro atoms. The van der Waals surface area contributed by atoms with Gasteiger partial charge in [0.1, 0.15) is 19.1 Å². The van der Waals surface area contributed by atoms with Crippen LogP contribution in [-0.4, -0.2) is 44.3 Å². The van der Waals surface area contributed by atoms with E-state index in [0.717, 1.165) is 5.56 Å². The first-order valence-electron chi connectivity index (χ1n) is 7.46. The van der Waals surface area contributed by atoms with Gasteiger partial charge in [-0.15, -0.1) is 0 Å². The smallest absolute Gasteiger partial charge is 0.246 e. The van der Waals surface area contributed by atoms with Crippen LogP contribution in [0.25, 0.3) is 0 Å². The van der Waals surface area contributed by atoms with Gasteiger partial charge < -0.3 is 14.3 Å². The molecule has 7 nitrogen and oxygen atoms in total. The summed E-state index contributed by atoms with van der Waals surface area (Å²) in [5.41, 5.74) is 1.00. The topological polar surface area (TPSA) is 79.5 Å². The largest absolute Gasteiger partial charge is 0.337 e. The van der Waals surface area contributed by atoms with Crippen LogP contribution >= 0.6 is 0 Å². The molecule has 0 bridgehead atoms. The molecule has 23 heavy (non-hydrogen) atoms. The summed E-state index contributed by atoms with van der Waals surface area (Å²) >= 11 is 0. The predicted molar refractivity (Wildman–Crippen MR) is 80.9 cm³/mol. The van der Waals surface area contributed by atoms with Gasteiger partial charge in [-0.2, -0.15) is 4.98 Å². The number of carbonyl (C=O) groups is 2. The quantitative estimate of drug-likeness (QED) is 0.845. The lowest BCUT2D eigenvalue weighted by Crippen LogP contribution is -2.58. The number of hydrogen-bond acceptors (Lipinski definition) is 5. The van der Waals surface area contributed by atoms with Crippen molar-refractivity contribution in [2.75, 3.05) is 6.54 Å². The third-order valence-corrected chi connectivity index (χ3v) is 3.87. The Morgan fingerprint density at radius 2 is 1.96 bits per heavy atom. The normalized spacial score (nSPS) is 18.6. The first-order valence-corrected chi connectivity index (χ1v) is 7.46. The second-order valence-electron chi connectivity index (χ2n) is 5.61. The van der Waals surface area contributed by atoms with Gasteiger partial charge in [-0.3, -0.25) is 9.59 Å². The van der Waals surface area contributed by atoms with Crippen molar-refractivity contribution in [3.05, 3.63) is 47.6 Å². The number of hydrogen-bond donors (Lipinski definition) is 0. The fourth-order valence-electron chi connectivity index (χ4n) is 2.66. The summed E-state index contributed by atoms with van der Waals surface area (Å²) in [6, 6.07) is 9.08. The Morgan fingerprint density at radius 3 is 2.61 bits per heavy atom. The van der Waals surface area contributed by atoms with E-state index >= 15 is 0 Å². The van der Waals surface area contributed by atoms with E-state index in [0.29, 0.717) is 18.3 Å². The summed E-state index contributed by atoms with van der Waals surface area (Å²) in [6.45, 7) is 4.09. The number of aryl methyl sites for hydroxylation is 1. The van der Waals surface area contributed by atoms with Crippen LogP contribution < -0.4 is 0 Å². The van der Waals surface area contributed by atoms with Crippen molar-refractivity contribution >= 4 is 11.8 Å². The minimum Gasteiger partial charge on any atom is -0.337 e. The summed E-state index contributed by atoms with van der Waals surface area (Å²) in [4.78, 5) is 32.1. The zero-order valence-corrected chi connectivity index (χ0v) is 13.1. The van der Waals surface area contributed by atoms with Gasteiger partial charge in [-0.05, 0) is 19.4 Å². The van der Waals surface area contributed by atoms with E-state index in [2.05, 4.69) is 10.1 Å². The highest BCUT2D eigenvalue weighted by Gasteiger charge is 2.37. The number of piperazine rings is 1. The third-order valence-electron chi connectivity index (χ3n) is 3.87. The highest BCUT2D eigenvalue weighted by atomic mass is 16.5. The molecular weight excluding hydrogens is 296 g/mol. The average Bonchev–Trinajstić information content (AvgIpc) is 2.95. The van der Waals surface area contributed by atoms with Gasteiger partial charge in [0.05, 0.1) is 0 Å². The molecule has 0 unspecified atom stereocenters. The monoisotopic (exact) mass is 314 g/mol. The van der Waals surface area contributed by atoms with Crippen LogP contribution in [0, 0.1) is 6.92 Å². The summed E-state index contributed by atoms with van der Waals surface area (Å²) in [5, 5.41) is 3.70. The van der Waals surface area contributed by atoms with Crippen molar-refractivity contribution in [3.8, 4) is 0 Å². The SMILES string of the molecule is Cc1noc(CN2C(=O)CN(Cc3ccccc3)C(=O)[C@@H]2C)n1. The van der Waals surface area contributed by atoms with Crippen molar-refractivity contribution in [2.45, 2.75) is 33.0 Å². The van der Waals surface area contributed by atoms with Crippen LogP contribution in [0.15, 0.2) is 34.9 Å². The van der Waals surface area contributed by atoms with Gasteiger partial charge in [-0.25, -0.2) is 0 Å². The Hall–Kier alpha value is -2.70. The lowest BCUT2D eigenvalue weighted by Gasteiger charge is -2.38. The Bertz CT molecular complexity index is 713. The summed E-state index contributed by atoms with van der Waals surface area (Å²) < 4.78 is 5.04. The van der Waals surface area contributed by atoms with E-state index in [1.165, 1.54) is 4.90 Å². The van der Waals surface area contributed by atoms with E-state index in [4.69, 9.17) is 4.52 Å². The van der Waals surface area contributed by atoms with Gasteiger partial charge in [0.15, 0.2) is 5.82 Å². The first kappa shape index (κ1) is 15.2. The van der Waals surface area contributed by atoms with Crippen LogP contribution in [0.4, 0.5) is 0 Å². The van der Waals surface area contributed by atoms with E-state index < -0.39 is 6.04 Å². The predicted octanol–water partition coefficient (Wildman–Crippen LogP) is 1.14. The van der Waals surface area contributed by atoms with Crippen LogP contribution in [-0.2, 0) is 22.7 Å². The molecule has 2 aromatic rings.